The molecule has 2 saturated heterocycles. The quantitative estimate of drug-likeness (QED) is 0.820. The summed E-state index contributed by atoms with van der Waals surface area (Å²) in [5, 5.41) is 2.85. The van der Waals surface area contributed by atoms with E-state index in [0.717, 1.165) is 64.6 Å². The molecule has 3 fully saturated rings. The van der Waals surface area contributed by atoms with E-state index < -0.39 is 15.3 Å². The molecule has 1 unspecified atom stereocenters. The number of piperidine rings is 2. The van der Waals surface area contributed by atoms with E-state index >= 15 is 0 Å². The number of amides is 1. The lowest BCUT2D eigenvalue weighted by Crippen LogP contribution is -2.53. The predicted octanol–water partition coefficient (Wildman–Crippen LogP) is 1.18. The zero-order valence-corrected chi connectivity index (χ0v) is 15.6. The van der Waals surface area contributed by atoms with Gasteiger partial charge in [-0.1, -0.05) is 12.8 Å². The second-order valence-corrected chi connectivity index (χ2v) is 9.84. The van der Waals surface area contributed by atoms with Gasteiger partial charge in [0.2, 0.25) is 15.9 Å². The molecule has 1 saturated carbocycles. The molecule has 0 radical (unpaired) electrons. The molecule has 138 valence electrons. The molecule has 1 aliphatic carbocycles. The van der Waals surface area contributed by atoms with Gasteiger partial charge < -0.3 is 10.2 Å². The van der Waals surface area contributed by atoms with Crippen LogP contribution in [0, 0.1) is 5.92 Å². The van der Waals surface area contributed by atoms with Crippen LogP contribution < -0.4 is 5.32 Å². The first-order chi connectivity index (χ1) is 11.5. The van der Waals surface area contributed by atoms with Gasteiger partial charge in [-0.3, -0.25) is 4.79 Å². The number of carbonyl (C=O) groups is 1. The topological polar surface area (TPSA) is 69.7 Å². The third kappa shape index (κ3) is 3.78. The summed E-state index contributed by atoms with van der Waals surface area (Å²) in [7, 11) is -1.61. The maximum Gasteiger partial charge on any atom is 0.225 e. The molecule has 0 aromatic rings. The zero-order valence-electron chi connectivity index (χ0n) is 14.7. The SMILES string of the molecule is CN(C1CCNCC1)S(=O)(=O)C1CCCN(C(=O)C2CCCC2)C1. The first-order valence-electron chi connectivity index (χ1n) is 9.46. The summed E-state index contributed by atoms with van der Waals surface area (Å²) in [6.45, 7) is 2.86. The number of hydrogen-bond donors (Lipinski definition) is 1. The molecular weight excluding hydrogens is 326 g/mol. The highest BCUT2D eigenvalue weighted by molar-refractivity contribution is 7.89. The van der Waals surface area contributed by atoms with Crippen LogP contribution in [-0.2, 0) is 14.8 Å². The van der Waals surface area contributed by atoms with Gasteiger partial charge in [0.1, 0.15) is 0 Å². The zero-order chi connectivity index (χ0) is 17.2. The Morgan fingerprint density at radius 2 is 1.71 bits per heavy atom. The van der Waals surface area contributed by atoms with Crippen LogP contribution >= 0.6 is 0 Å². The molecule has 7 heteroatoms. The molecular formula is C17H31N3O3S. The molecule has 1 amide bonds. The van der Waals surface area contributed by atoms with Crippen molar-refractivity contribution in [2.75, 3.05) is 33.2 Å². The Morgan fingerprint density at radius 1 is 1.04 bits per heavy atom. The van der Waals surface area contributed by atoms with Crippen molar-refractivity contribution in [2.45, 2.75) is 62.7 Å². The molecule has 6 nitrogen and oxygen atoms in total. The Hall–Kier alpha value is -0.660. The van der Waals surface area contributed by atoms with Gasteiger partial charge in [0.25, 0.3) is 0 Å². The molecule has 2 heterocycles. The second kappa shape index (κ2) is 7.70. The predicted molar refractivity (Wildman–Crippen MR) is 94.1 cm³/mol. The van der Waals surface area contributed by atoms with Gasteiger partial charge in [-0.2, -0.15) is 0 Å². The lowest BCUT2D eigenvalue weighted by molar-refractivity contribution is -0.136. The third-order valence-corrected chi connectivity index (χ3v) is 8.37. The van der Waals surface area contributed by atoms with Crippen molar-refractivity contribution < 1.29 is 13.2 Å². The molecule has 1 atom stereocenters. The Balaban J connectivity index is 1.65. The molecule has 0 aromatic carbocycles. The van der Waals surface area contributed by atoms with E-state index in [2.05, 4.69) is 5.32 Å². The summed E-state index contributed by atoms with van der Waals surface area (Å²) in [6.07, 6.45) is 7.41. The number of carbonyl (C=O) groups excluding carboxylic acids is 1. The van der Waals surface area contributed by atoms with Gasteiger partial charge in [0.05, 0.1) is 5.25 Å². The van der Waals surface area contributed by atoms with Gasteiger partial charge in [-0.05, 0) is 51.6 Å². The largest absolute Gasteiger partial charge is 0.341 e. The maximum absolute atomic E-state index is 13.0. The fraction of sp³-hybridized carbons (Fsp3) is 0.941. The van der Waals surface area contributed by atoms with E-state index in [1.807, 2.05) is 4.90 Å². The molecule has 3 aliphatic rings. The lowest BCUT2D eigenvalue weighted by Gasteiger charge is -2.38. The number of sulfonamides is 1. The van der Waals surface area contributed by atoms with E-state index in [1.165, 1.54) is 0 Å². The van der Waals surface area contributed by atoms with Crippen LogP contribution in [0.25, 0.3) is 0 Å². The van der Waals surface area contributed by atoms with Gasteiger partial charge in [-0.15, -0.1) is 0 Å². The number of hydrogen-bond acceptors (Lipinski definition) is 4. The Bertz CT molecular complexity index is 539. The first-order valence-corrected chi connectivity index (χ1v) is 11.0. The van der Waals surface area contributed by atoms with Crippen LogP contribution in [0.1, 0.15) is 51.4 Å². The van der Waals surface area contributed by atoms with Crippen LogP contribution in [0.15, 0.2) is 0 Å². The Labute approximate surface area is 146 Å². The molecule has 1 N–H and O–H groups in total. The lowest BCUT2D eigenvalue weighted by atomic mass is 10.0. The second-order valence-electron chi connectivity index (χ2n) is 7.57. The number of likely N-dealkylation sites (tertiary alicyclic amines) is 1. The summed E-state index contributed by atoms with van der Waals surface area (Å²) in [5.74, 6) is 0.325. The van der Waals surface area contributed by atoms with E-state index in [9.17, 15) is 13.2 Å². The average molecular weight is 358 g/mol. The summed E-state index contributed by atoms with van der Waals surface area (Å²) in [4.78, 5) is 14.5. The molecule has 0 bridgehead atoms. The van der Waals surface area contributed by atoms with Crippen LogP contribution in [-0.4, -0.2) is 68.0 Å². The summed E-state index contributed by atoms with van der Waals surface area (Å²) < 4.78 is 27.7. The normalized spacial score (nSPS) is 27.8. The van der Waals surface area contributed by atoms with Crippen molar-refractivity contribution in [3.8, 4) is 0 Å². The maximum atomic E-state index is 13.0. The van der Waals surface area contributed by atoms with Gasteiger partial charge >= 0.3 is 0 Å². The van der Waals surface area contributed by atoms with Crippen LogP contribution in [0.4, 0.5) is 0 Å². The highest BCUT2D eigenvalue weighted by atomic mass is 32.2. The van der Waals surface area contributed by atoms with E-state index in [-0.39, 0.29) is 17.9 Å². The standard InChI is InChI=1S/C17H31N3O3S/c1-19(15-8-10-18-11-9-15)24(22,23)16-7-4-12-20(13-16)17(21)14-5-2-3-6-14/h14-16,18H,2-13H2,1H3. The number of nitrogens with one attached hydrogen (secondary N) is 1. The highest BCUT2D eigenvalue weighted by Gasteiger charge is 2.39. The van der Waals surface area contributed by atoms with E-state index in [0.29, 0.717) is 13.0 Å². The van der Waals surface area contributed by atoms with Gasteiger partial charge in [0, 0.05) is 32.1 Å². The highest BCUT2D eigenvalue weighted by Crippen LogP contribution is 2.29. The van der Waals surface area contributed by atoms with Gasteiger partial charge in [-0.25, -0.2) is 12.7 Å². The van der Waals surface area contributed by atoms with Crippen LogP contribution in [0.5, 0.6) is 0 Å². The molecule has 2 aliphatic heterocycles. The number of nitrogens with zero attached hydrogens (tertiary/aromatic N) is 2. The molecule has 0 aromatic heterocycles. The monoisotopic (exact) mass is 357 g/mol. The summed E-state index contributed by atoms with van der Waals surface area (Å²) in [6, 6.07) is 0.0946. The minimum atomic E-state index is -3.34. The van der Waals surface area contributed by atoms with Crippen molar-refractivity contribution >= 4 is 15.9 Å². The van der Waals surface area contributed by atoms with Crippen molar-refractivity contribution in [1.29, 1.82) is 0 Å². The average Bonchev–Trinajstić information content (AvgIpc) is 3.16. The minimum Gasteiger partial charge on any atom is -0.341 e. The molecule has 3 rings (SSSR count). The number of rotatable bonds is 4. The Kier molecular flexibility index (Phi) is 5.82. The van der Waals surface area contributed by atoms with Crippen LogP contribution in [0.3, 0.4) is 0 Å². The minimum absolute atomic E-state index is 0.0946. The van der Waals surface area contributed by atoms with Crippen molar-refractivity contribution in [1.82, 2.24) is 14.5 Å². The van der Waals surface area contributed by atoms with E-state index in [4.69, 9.17) is 0 Å². The summed E-state index contributed by atoms with van der Waals surface area (Å²) >= 11 is 0. The Morgan fingerprint density at radius 3 is 2.38 bits per heavy atom. The van der Waals surface area contributed by atoms with Crippen molar-refractivity contribution in [3.63, 3.8) is 0 Å². The first kappa shape index (κ1) is 18.1. The van der Waals surface area contributed by atoms with Gasteiger partial charge in [0.15, 0.2) is 0 Å². The van der Waals surface area contributed by atoms with Crippen LogP contribution in [0.2, 0.25) is 0 Å². The fourth-order valence-electron chi connectivity index (χ4n) is 4.43. The molecule has 0 spiro atoms. The third-order valence-electron chi connectivity index (χ3n) is 6.04. The van der Waals surface area contributed by atoms with Crippen molar-refractivity contribution in [3.05, 3.63) is 0 Å². The summed E-state index contributed by atoms with van der Waals surface area (Å²) in [5.41, 5.74) is 0. The smallest absolute Gasteiger partial charge is 0.225 e. The van der Waals surface area contributed by atoms with Crippen molar-refractivity contribution in [2.24, 2.45) is 5.92 Å². The van der Waals surface area contributed by atoms with E-state index in [1.54, 1.807) is 11.4 Å². The fourth-order valence-corrected chi connectivity index (χ4v) is 6.36. The molecule has 24 heavy (non-hydrogen) atoms.